The zero-order chi connectivity index (χ0) is 27.8. The summed E-state index contributed by atoms with van der Waals surface area (Å²) in [6, 6.07) is 40.2. The van der Waals surface area contributed by atoms with E-state index < -0.39 is 0 Å². The van der Waals surface area contributed by atoms with Crippen molar-refractivity contribution in [1.29, 1.82) is 0 Å². The highest BCUT2D eigenvalue weighted by Gasteiger charge is 2.18. The lowest BCUT2D eigenvalue weighted by Crippen LogP contribution is -2.01. The minimum absolute atomic E-state index is 0.295. The van der Waals surface area contributed by atoms with Crippen molar-refractivity contribution in [2.45, 2.75) is 37.5 Å². The van der Waals surface area contributed by atoms with Gasteiger partial charge in [-0.2, -0.15) is 0 Å². The van der Waals surface area contributed by atoms with E-state index in [1.165, 1.54) is 0 Å². The van der Waals surface area contributed by atoms with Crippen molar-refractivity contribution in [2.24, 2.45) is 0 Å². The molecule has 0 spiro atoms. The molecule has 0 aliphatic rings. The summed E-state index contributed by atoms with van der Waals surface area (Å²) in [6.07, 6.45) is 4.01. The van der Waals surface area contributed by atoms with Gasteiger partial charge in [-0.05, 0) is 72.2 Å². The van der Waals surface area contributed by atoms with Gasteiger partial charge in [-0.15, -0.1) is 0 Å². The fourth-order valence-electron chi connectivity index (χ4n) is 4.53. The smallest absolute Gasteiger partial charge is 0.311 e. The van der Waals surface area contributed by atoms with E-state index in [0.717, 1.165) is 59.4 Å². The molecule has 0 radical (unpaired) electrons. The van der Waals surface area contributed by atoms with Crippen LogP contribution in [0.5, 0.6) is 11.5 Å². The first kappa shape index (κ1) is 28.1. The summed E-state index contributed by atoms with van der Waals surface area (Å²) < 4.78 is 11.8. The maximum atomic E-state index is 10.9. The molecule has 0 N–H and O–H groups in total. The molecule has 0 saturated heterocycles. The molecule has 6 nitrogen and oxygen atoms in total. The summed E-state index contributed by atoms with van der Waals surface area (Å²) in [4.78, 5) is 0. The van der Waals surface area contributed by atoms with E-state index in [-0.39, 0.29) is 11.8 Å². The fraction of sp³-hybridized carbons (Fsp3) is 0.235. The highest BCUT2D eigenvalue weighted by molar-refractivity contribution is 5.42. The lowest BCUT2D eigenvalue weighted by molar-refractivity contribution is 0.287. The zero-order valence-corrected chi connectivity index (χ0v) is 22.3. The molecule has 0 saturated carbocycles. The molecule has 4 aromatic rings. The number of nitrogens with zero attached hydrogens (tertiary/aromatic N) is 2. The monoisotopic (exact) mass is 532 g/mol. The molecule has 0 aliphatic heterocycles. The number of unbranched alkanes of at least 4 members (excludes halogenated alkanes) is 3. The Bertz CT molecular complexity index is 1310. The van der Waals surface area contributed by atoms with Gasteiger partial charge in [0.25, 0.3) is 0 Å². The Morgan fingerprint density at radius 1 is 0.475 bits per heavy atom. The van der Waals surface area contributed by atoms with Gasteiger partial charge in [-0.1, -0.05) is 84.9 Å². The minimum atomic E-state index is -0.295. The predicted molar refractivity (Wildman–Crippen MR) is 160 cm³/mol. The van der Waals surface area contributed by atoms with E-state index in [1.807, 2.05) is 109 Å². The molecule has 4 aromatic carbocycles. The Hall–Kier alpha value is -4.94. The van der Waals surface area contributed by atoms with Crippen molar-refractivity contribution in [2.75, 3.05) is 13.2 Å². The van der Waals surface area contributed by atoms with E-state index >= 15 is 0 Å². The Morgan fingerprint density at radius 3 is 1.18 bits per heavy atom. The molecule has 6 heteroatoms. The molecule has 2 unspecified atom stereocenters. The largest absolute Gasteiger partial charge is 0.498 e. The lowest BCUT2D eigenvalue weighted by atomic mass is 9.93. The quantitative estimate of drug-likeness (QED) is 0.128. The Morgan fingerprint density at radius 2 is 0.825 bits per heavy atom. The van der Waals surface area contributed by atoms with Crippen LogP contribution in [0.4, 0.5) is 0 Å². The summed E-state index contributed by atoms with van der Waals surface area (Å²) in [5.41, 5.74) is 3.83. The van der Waals surface area contributed by atoms with E-state index in [4.69, 9.17) is 9.47 Å². The van der Waals surface area contributed by atoms with E-state index in [9.17, 15) is 10.4 Å². The lowest BCUT2D eigenvalue weighted by Gasteiger charge is -2.11. The third-order valence-electron chi connectivity index (χ3n) is 6.63. The molecule has 202 valence electrons. The molecule has 4 rings (SSSR count). The highest BCUT2D eigenvalue weighted by atomic mass is 16.5. The van der Waals surface area contributed by atoms with E-state index in [0.29, 0.717) is 13.2 Å². The van der Waals surface area contributed by atoms with Crippen LogP contribution in [-0.4, -0.2) is 13.2 Å². The molecule has 2 atom stereocenters. The van der Waals surface area contributed by atoms with Crippen LogP contribution in [-0.2, 0) is 0 Å². The van der Waals surface area contributed by atoms with Crippen LogP contribution in [0.15, 0.2) is 109 Å². The minimum Gasteiger partial charge on any atom is -0.498 e. The topological polar surface area (TPSA) is 73.3 Å². The van der Waals surface area contributed by atoms with Gasteiger partial charge in [-0.25, -0.2) is 0 Å². The van der Waals surface area contributed by atoms with Crippen LogP contribution in [0, 0.1) is 22.6 Å². The molecular weight excluding hydrogens is 500 g/mol. The van der Waals surface area contributed by atoms with Gasteiger partial charge in [0.2, 0.25) is 0 Å². The number of rotatable bonds is 13. The molecule has 0 bridgehead atoms. The first-order valence-corrected chi connectivity index (χ1v) is 13.5. The molecule has 0 heterocycles. The van der Waals surface area contributed by atoms with Crippen LogP contribution in [0.3, 0.4) is 0 Å². The Labute approximate surface area is 235 Å². The van der Waals surface area contributed by atoms with Gasteiger partial charge in [0, 0.05) is 10.0 Å². The molecule has 0 aliphatic carbocycles. The maximum Gasteiger partial charge on any atom is 0.311 e. The summed E-state index contributed by atoms with van der Waals surface area (Å²) in [6.45, 7) is 1.29. The summed E-state index contributed by atoms with van der Waals surface area (Å²) in [5, 5.41) is 27.5. The van der Waals surface area contributed by atoms with Crippen molar-refractivity contribution in [3.05, 3.63) is 152 Å². The van der Waals surface area contributed by atoms with Crippen molar-refractivity contribution in [1.82, 2.24) is 0 Å². The van der Waals surface area contributed by atoms with Gasteiger partial charge >= 0.3 is 12.1 Å². The van der Waals surface area contributed by atoms with Gasteiger partial charge in [0.05, 0.1) is 13.2 Å². The molecule has 40 heavy (non-hydrogen) atoms. The van der Waals surface area contributed by atoms with Crippen LogP contribution in [0.1, 0.15) is 59.8 Å². The number of hydrogen-bond acceptors (Lipinski definition) is 4. The average molecular weight is 533 g/mol. The van der Waals surface area contributed by atoms with Crippen molar-refractivity contribution in [3.8, 4) is 23.6 Å². The maximum absolute atomic E-state index is 10.9. The fourth-order valence-corrected chi connectivity index (χ4v) is 4.53. The molecular formula is C34H32N2O4. The van der Waals surface area contributed by atoms with Crippen LogP contribution in [0.25, 0.3) is 10.0 Å². The third-order valence-corrected chi connectivity index (χ3v) is 6.63. The van der Waals surface area contributed by atoms with Gasteiger partial charge in [0.15, 0.2) is 0 Å². The predicted octanol–water partition coefficient (Wildman–Crippen LogP) is 8.63. The Kier molecular flexibility index (Phi) is 10.9. The normalized spacial score (nSPS) is 11.7. The summed E-state index contributed by atoms with van der Waals surface area (Å²) in [5.74, 6) is 1.01. The molecule has 0 fully saturated rings. The SMILES string of the molecule is [O-][N+]#CC(c1ccccc1)c1ccc(OCCCCCCOc2ccc(C(C#[N+][O-])c3ccccc3)cc2)cc1. The van der Waals surface area contributed by atoms with E-state index in [2.05, 4.69) is 22.2 Å². The van der Waals surface area contributed by atoms with Crippen LogP contribution < -0.4 is 9.47 Å². The second-order valence-corrected chi connectivity index (χ2v) is 9.38. The Balaban J connectivity index is 1.13. The van der Waals surface area contributed by atoms with E-state index in [1.54, 1.807) is 0 Å². The number of hydrogen-bond donors (Lipinski definition) is 0. The number of ether oxygens (including phenoxy) is 2. The second-order valence-electron chi connectivity index (χ2n) is 9.38. The first-order valence-electron chi connectivity index (χ1n) is 13.5. The van der Waals surface area contributed by atoms with Crippen molar-refractivity contribution >= 4 is 0 Å². The van der Waals surface area contributed by atoms with Crippen molar-refractivity contribution < 1.29 is 9.47 Å². The van der Waals surface area contributed by atoms with Gasteiger partial charge in [-0.3, -0.25) is 0 Å². The van der Waals surface area contributed by atoms with Crippen LogP contribution >= 0.6 is 0 Å². The van der Waals surface area contributed by atoms with Gasteiger partial charge < -0.3 is 19.9 Å². The van der Waals surface area contributed by atoms with Crippen LogP contribution in [0.2, 0.25) is 0 Å². The average Bonchev–Trinajstić information content (AvgIpc) is 3.01. The number of benzene rings is 4. The molecule has 0 amide bonds. The first-order chi connectivity index (χ1) is 19.8. The summed E-state index contributed by atoms with van der Waals surface area (Å²) in [7, 11) is 0. The zero-order valence-electron chi connectivity index (χ0n) is 22.3. The third kappa shape index (κ3) is 8.28. The molecule has 0 aromatic heterocycles. The van der Waals surface area contributed by atoms with Gasteiger partial charge in [0.1, 0.15) is 23.3 Å². The standard InChI is InChI=1S/C34H32N2O4/c37-35-25-33(27-11-5-3-6-12-27)29-15-19-31(20-16-29)39-23-9-1-2-10-24-40-32-21-17-30(18-22-32)34(26-36-38)28-13-7-4-8-14-28/h3-8,11-22,33-34H,1-2,9-10,23-24H2. The summed E-state index contributed by atoms with van der Waals surface area (Å²) >= 11 is 0. The van der Waals surface area contributed by atoms with Crippen molar-refractivity contribution in [3.63, 3.8) is 0 Å². The highest BCUT2D eigenvalue weighted by Crippen LogP contribution is 2.27. The second kappa shape index (κ2) is 15.5.